The Labute approximate surface area is 135 Å². The van der Waals surface area contributed by atoms with Gasteiger partial charge in [-0.15, -0.1) is 0 Å². The van der Waals surface area contributed by atoms with Gasteiger partial charge in [0.1, 0.15) is 5.69 Å². The molecular weight excluding hydrogens is 331 g/mol. The van der Waals surface area contributed by atoms with E-state index in [0.717, 1.165) is 12.1 Å². The third-order valence-electron chi connectivity index (χ3n) is 2.92. The van der Waals surface area contributed by atoms with E-state index < -0.39 is 16.6 Å². The van der Waals surface area contributed by atoms with Gasteiger partial charge >= 0.3 is 5.97 Å². The number of carboxylic acids is 1. The minimum Gasteiger partial charge on any atom is -0.478 e. The standard InChI is InChI=1S/C14H10Cl2N2O4/c15-9-5-10(14(19)20)13(12(6-9)18(21)22)17-7-8-3-1-2-4-11(8)16/h1-6,17H,7H2,(H,19,20). The molecule has 0 saturated heterocycles. The van der Waals surface area contributed by atoms with Crippen molar-refractivity contribution in [2.45, 2.75) is 6.54 Å². The molecule has 114 valence electrons. The first kappa shape index (κ1) is 16.1. The minimum atomic E-state index is -1.31. The summed E-state index contributed by atoms with van der Waals surface area (Å²) in [6.45, 7) is 0.141. The van der Waals surface area contributed by atoms with Crippen LogP contribution < -0.4 is 5.32 Å². The van der Waals surface area contributed by atoms with Gasteiger partial charge in [-0.1, -0.05) is 41.4 Å². The van der Waals surface area contributed by atoms with Crippen LogP contribution in [0, 0.1) is 10.1 Å². The van der Waals surface area contributed by atoms with E-state index in [4.69, 9.17) is 23.2 Å². The van der Waals surface area contributed by atoms with Crippen molar-refractivity contribution in [3.05, 3.63) is 67.7 Å². The number of carboxylic acid groups (broad SMARTS) is 1. The van der Waals surface area contributed by atoms with E-state index in [1.807, 2.05) is 0 Å². The molecule has 8 heteroatoms. The van der Waals surface area contributed by atoms with Crippen molar-refractivity contribution >= 4 is 40.5 Å². The summed E-state index contributed by atoms with van der Waals surface area (Å²) in [6.07, 6.45) is 0. The number of nitrogens with one attached hydrogen (secondary N) is 1. The zero-order chi connectivity index (χ0) is 16.3. The van der Waals surface area contributed by atoms with Crippen LogP contribution in [0.3, 0.4) is 0 Å². The zero-order valence-electron chi connectivity index (χ0n) is 11.0. The van der Waals surface area contributed by atoms with Crippen LogP contribution in [0.2, 0.25) is 10.0 Å². The molecule has 0 aliphatic heterocycles. The molecule has 2 N–H and O–H groups in total. The number of hydrogen-bond donors (Lipinski definition) is 2. The molecule has 0 amide bonds. The predicted octanol–water partition coefficient (Wildman–Crippen LogP) is 4.21. The molecule has 2 rings (SSSR count). The van der Waals surface area contributed by atoms with Crippen molar-refractivity contribution in [3.8, 4) is 0 Å². The fourth-order valence-electron chi connectivity index (χ4n) is 1.92. The summed E-state index contributed by atoms with van der Waals surface area (Å²) in [6, 6.07) is 9.18. The van der Waals surface area contributed by atoms with Gasteiger partial charge in [0.2, 0.25) is 0 Å². The van der Waals surface area contributed by atoms with Crippen LogP contribution >= 0.6 is 23.2 Å². The number of anilines is 1. The molecule has 0 bridgehead atoms. The first-order valence-corrected chi connectivity index (χ1v) is 6.84. The quantitative estimate of drug-likeness (QED) is 0.628. The second-order valence-corrected chi connectivity index (χ2v) is 5.20. The molecule has 2 aromatic rings. The molecule has 0 saturated carbocycles. The van der Waals surface area contributed by atoms with Gasteiger partial charge in [0, 0.05) is 22.7 Å². The van der Waals surface area contributed by atoms with Gasteiger partial charge in [-0.3, -0.25) is 10.1 Å². The van der Waals surface area contributed by atoms with Crippen LogP contribution in [-0.4, -0.2) is 16.0 Å². The monoisotopic (exact) mass is 340 g/mol. The third-order valence-corrected chi connectivity index (χ3v) is 3.51. The Kier molecular flexibility index (Phi) is 4.85. The average molecular weight is 341 g/mol. The van der Waals surface area contributed by atoms with E-state index in [2.05, 4.69) is 5.32 Å². The van der Waals surface area contributed by atoms with Crippen molar-refractivity contribution in [2.24, 2.45) is 0 Å². The molecule has 0 atom stereocenters. The smallest absolute Gasteiger partial charge is 0.338 e. The van der Waals surface area contributed by atoms with E-state index >= 15 is 0 Å². The molecule has 0 heterocycles. The number of halogens is 2. The molecule has 0 fully saturated rings. The van der Waals surface area contributed by atoms with Crippen LogP contribution in [-0.2, 0) is 6.54 Å². The highest BCUT2D eigenvalue weighted by molar-refractivity contribution is 6.31. The number of hydrogen-bond acceptors (Lipinski definition) is 4. The van der Waals surface area contributed by atoms with Crippen LogP contribution in [0.1, 0.15) is 15.9 Å². The molecule has 0 aromatic heterocycles. The fourth-order valence-corrected chi connectivity index (χ4v) is 2.33. The number of benzene rings is 2. The second kappa shape index (κ2) is 6.64. The predicted molar refractivity (Wildman–Crippen MR) is 83.8 cm³/mol. The molecule has 6 nitrogen and oxygen atoms in total. The summed E-state index contributed by atoms with van der Waals surface area (Å²) >= 11 is 11.7. The maximum atomic E-state index is 11.3. The van der Waals surface area contributed by atoms with Crippen LogP contribution in [0.25, 0.3) is 0 Å². The number of nitro benzene ring substituents is 1. The summed E-state index contributed by atoms with van der Waals surface area (Å²) in [5.74, 6) is -1.31. The molecule has 0 aliphatic rings. The highest BCUT2D eigenvalue weighted by atomic mass is 35.5. The SMILES string of the molecule is O=C(O)c1cc(Cl)cc([N+](=O)[O-])c1NCc1ccccc1Cl. The van der Waals surface area contributed by atoms with Gasteiger partial charge in [0.15, 0.2) is 0 Å². The average Bonchev–Trinajstić information content (AvgIpc) is 2.46. The molecule has 0 unspecified atom stereocenters. The first-order valence-electron chi connectivity index (χ1n) is 6.08. The van der Waals surface area contributed by atoms with Gasteiger partial charge in [-0.25, -0.2) is 4.79 Å². The lowest BCUT2D eigenvalue weighted by Crippen LogP contribution is -2.09. The van der Waals surface area contributed by atoms with Crippen LogP contribution in [0.4, 0.5) is 11.4 Å². The molecule has 22 heavy (non-hydrogen) atoms. The minimum absolute atomic E-state index is 0.0209. The largest absolute Gasteiger partial charge is 0.478 e. The van der Waals surface area contributed by atoms with Crippen molar-refractivity contribution in [3.63, 3.8) is 0 Å². The van der Waals surface area contributed by atoms with Crippen molar-refractivity contribution in [2.75, 3.05) is 5.32 Å². The van der Waals surface area contributed by atoms with Crippen molar-refractivity contribution < 1.29 is 14.8 Å². The van der Waals surface area contributed by atoms with Gasteiger partial charge in [0.05, 0.1) is 10.5 Å². The lowest BCUT2D eigenvalue weighted by Gasteiger charge is -2.11. The Morgan fingerprint density at radius 2 is 1.95 bits per heavy atom. The third kappa shape index (κ3) is 3.47. The zero-order valence-corrected chi connectivity index (χ0v) is 12.6. The van der Waals surface area contributed by atoms with Gasteiger partial charge in [-0.05, 0) is 17.7 Å². The summed E-state index contributed by atoms with van der Waals surface area (Å²) in [5, 5.41) is 23.5. The summed E-state index contributed by atoms with van der Waals surface area (Å²) in [7, 11) is 0. The first-order chi connectivity index (χ1) is 10.4. The van der Waals surface area contributed by atoms with E-state index in [1.165, 1.54) is 0 Å². The van der Waals surface area contributed by atoms with E-state index in [9.17, 15) is 20.0 Å². The lowest BCUT2D eigenvalue weighted by molar-refractivity contribution is -0.384. The molecule has 2 aromatic carbocycles. The number of rotatable bonds is 5. The Morgan fingerprint density at radius 3 is 2.55 bits per heavy atom. The Hall–Kier alpha value is -2.31. The Morgan fingerprint density at radius 1 is 1.27 bits per heavy atom. The topological polar surface area (TPSA) is 92.5 Å². The number of nitrogens with zero attached hydrogens (tertiary/aromatic N) is 1. The van der Waals surface area contributed by atoms with Gasteiger partial charge < -0.3 is 10.4 Å². The highest BCUT2D eigenvalue weighted by Crippen LogP contribution is 2.33. The number of nitro groups is 1. The Bertz CT molecular complexity index is 714. The lowest BCUT2D eigenvalue weighted by atomic mass is 10.1. The molecular formula is C14H10Cl2N2O4. The van der Waals surface area contributed by atoms with E-state index in [-0.39, 0.29) is 22.8 Å². The summed E-state index contributed by atoms with van der Waals surface area (Å²) < 4.78 is 0. The summed E-state index contributed by atoms with van der Waals surface area (Å²) in [4.78, 5) is 21.7. The van der Waals surface area contributed by atoms with E-state index in [0.29, 0.717) is 10.6 Å². The maximum absolute atomic E-state index is 11.3. The Balaban J connectivity index is 2.42. The normalized spacial score (nSPS) is 10.3. The fraction of sp³-hybridized carbons (Fsp3) is 0.0714. The van der Waals surface area contributed by atoms with Gasteiger partial charge in [0.25, 0.3) is 5.69 Å². The molecule has 0 radical (unpaired) electrons. The maximum Gasteiger partial charge on any atom is 0.338 e. The van der Waals surface area contributed by atoms with E-state index in [1.54, 1.807) is 24.3 Å². The molecule has 0 aliphatic carbocycles. The highest BCUT2D eigenvalue weighted by Gasteiger charge is 2.23. The van der Waals surface area contributed by atoms with Crippen molar-refractivity contribution in [1.29, 1.82) is 0 Å². The van der Waals surface area contributed by atoms with Crippen molar-refractivity contribution in [1.82, 2.24) is 0 Å². The van der Waals surface area contributed by atoms with Crippen LogP contribution in [0.5, 0.6) is 0 Å². The van der Waals surface area contributed by atoms with Crippen LogP contribution in [0.15, 0.2) is 36.4 Å². The second-order valence-electron chi connectivity index (χ2n) is 4.35. The number of carbonyl (C=O) groups is 1. The molecule has 0 spiro atoms. The van der Waals surface area contributed by atoms with Gasteiger partial charge in [-0.2, -0.15) is 0 Å². The summed E-state index contributed by atoms with van der Waals surface area (Å²) in [5.41, 5.74) is -0.102. The number of aromatic carboxylic acids is 1.